The van der Waals surface area contributed by atoms with E-state index < -0.39 is 0 Å². The quantitative estimate of drug-likeness (QED) is 0.757. The Bertz CT molecular complexity index is 265. The minimum Gasteiger partial charge on any atom is -0.469 e. The lowest BCUT2D eigenvalue weighted by molar-refractivity contribution is -0.0375. The molecule has 1 unspecified atom stereocenters. The van der Waals surface area contributed by atoms with E-state index >= 15 is 0 Å². The van der Waals surface area contributed by atoms with Crippen molar-refractivity contribution in [1.82, 2.24) is 5.48 Å². The predicted molar refractivity (Wildman–Crippen MR) is 58.4 cm³/mol. The van der Waals surface area contributed by atoms with Gasteiger partial charge in [-0.05, 0) is 31.9 Å². The number of furan rings is 1. The van der Waals surface area contributed by atoms with Crippen LogP contribution in [0.2, 0.25) is 0 Å². The van der Waals surface area contributed by atoms with Crippen LogP contribution in [0.15, 0.2) is 22.8 Å². The van der Waals surface area contributed by atoms with Crippen molar-refractivity contribution in [3.05, 3.63) is 24.2 Å². The first kappa shape index (κ1) is 10.7. The first-order chi connectivity index (χ1) is 7.34. The van der Waals surface area contributed by atoms with E-state index in [9.17, 15) is 0 Å². The van der Waals surface area contributed by atoms with Gasteiger partial charge in [0.1, 0.15) is 5.76 Å². The van der Waals surface area contributed by atoms with Gasteiger partial charge in [-0.25, -0.2) is 0 Å². The van der Waals surface area contributed by atoms with Crippen LogP contribution in [-0.4, -0.2) is 12.1 Å². The van der Waals surface area contributed by atoms with Crippen LogP contribution in [0, 0.1) is 0 Å². The number of nitrogens with one attached hydrogen (secondary N) is 1. The Labute approximate surface area is 90.8 Å². The standard InChI is InChI=1S/C12H19NO2/c1-10(9-12-7-4-8-14-12)13-15-11-5-2-3-6-11/h4,7-8,10-11,13H,2-3,5-6,9H2,1H3. The molecule has 1 heterocycles. The summed E-state index contributed by atoms with van der Waals surface area (Å²) in [7, 11) is 0. The number of rotatable bonds is 5. The molecular weight excluding hydrogens is 190 g/mol. The van der Waals surface area contributed by atoms with Crippen LogP contribution in [0.1, 0.15) is 38.4 Å². The van der Waals surface area contributed by atoms with E-state index in [1.54, 1.807) is 6.26 Å². The predicted octanol–water partition coefficient (Wildman–Crippen LogP) is 2.67. The van der Waals surface area contributed by atoms with Crippen LogP contribution >= 0.6 is 0 Å². The molecule has 84 valence electrons. The van der Waals surface area contributed by atoms with Crippen LogP contribution in [-0.2, 0) is 11.3 Å². The van der Waals surface area contributed by atoms with E-state index in [2.05, 4.69) is 12.4 Å². The Kier molecular flexibility index (Phi) is 3.80. The molecular formula is C12H19NO2. The lowest BCUT2D eigenvalue weighted by Crippen LogP contribution is -2.31. The van der Waals surface area contributed by atoms with Gasteiger partial charge in [-0.15, -0.1) is 0 Å². The van der Waals surface area contributed by atoms with Crippen molar-refractivity contribution in [2.75, 3.05) is 0 Å². The Balaban J connectivity index is 1.66. The van der Waals surface area contributed by atoms with Gasteiger partial charge in [0.15, 0.2) is 0 Å². The molecule has 1 aliphatic rings. The first-order valence-corrected chi connectivity index (χ1v) is 5.78. The summed E-state index contributed by atoms with van der Waals surface area (Å²) in [4.78, 5) is 5.62. The monoisotopic (exact) mass is 209 g/mol. The van der Waals surface area contributed by atoms with Crippen LogP contribution in [0.3, 0.4) is 0 Å². The third-order valence-corrected chi connectivity index (χ3v) is 2.83. The Morgan fingerprint density at radius 2 is 2.33 bits per heavy atom. The second-order valence-electron chi connectivity index (χ2n) is 4.33. The Morgan fingerprint density at radius 1 is 1.53 bits per heavy atom. The van der Waals surface area contributed by atoms with Crippen molar-refractivity contribution in [2.45, 2.75) is 51.2 Å². The fourth-order valence-corrected chi connectivity index (χ4v) is 1.99. The third kappa shape index (κ3) is 3.36. The molecule has 0 saturated heterocycles. The summed E-state index contributed by atoms with van der Waals surface area (Å²) >= 11 is 0. The molecule has 1 aromatic heterocycles. The largest absolute Gasteiger partial charge is 0.469 e. The highest BCUT2D eigenvalue weighted by Gasteiger charge is 2.16. The maximum atomic E-state index is 5.62. The minimum atomic E-state index is 0.303. The van der Waals surface area contributed by atoms with Gasteiger partial charge in [0.25, 0.3) is 0 Å². The average molecular weight is 209 g/mol. The van der Waals surface area contributed by atoms with Crippen molar-refractivity contribution in [2.24, 2.45) is 0 Å². The molecule has 1 saturated carbocycles. The molecule has 3 nitrogen and oxygen atoms in total. The van der Waals surface area contributed by atoms with Crippen molar-refractivity contribution in [3.8, 4) is 0 Å². The Morgan fingerprint density at radius 3 is 3.00 bits per heavy atom. The summed E-state index contributed by atoms with van der Waals surface area (Å²) in [6, 6.07) is 4.21. The van der Waals surface area contributed by atoms with E-state index in [0.29, 0.717) is 12.1 Å². The summed E-state index contributed by atoms with van der Waals surface area (Å²) < 4.78 is 5.28. The maximum absolute atomic E-state index is 5.62. The zero-order valence-corrected chi connectivity index (χ0v) is 9.24. The summed E-state index contributed by atoms with van der Waals surface area (Å²) in [6.07, 6.45) is 8.00. The first-order valence-electron chi connectivity index (χ1n) is 5.78. The third-order valence-electron chi connectivity index (χ3n) is 2.83. The molecule has 0 radical (unpaired) electrons. The van der Waals surface area contributed by atoms with Gasteiger partial charge in [-0.3, -0.25) is 4.84 Å². The van der Waals surface area contributed by atoms with Crippen LogP contribution in [0.5, 0.6) is 0 Å². The molecule has 0 bridgehead atoms. The summed E-state index contributed by atoms with van der Waals surface area (Å²) in [5.41, 5.74) is 3.10. The van der Waals surface area contributed by atoms with Crippen molar-refractivity contribution in [3.63, 3.8) is 0 Å². The summed E-state index contributed by atoms with van der Waals surface area (Å²) in [6.45, 7) is 2.11. The summed E-state index contributed by atoms with van der Waals surface area (Å²) in [5, 5.41) is 0. The topological polar surface area (TPSA) is 34.4 Å². The molecule has 3 heteroatoms. The maximum Gasteiger partial charge on any atom is 0.105 e. The Hall–Kier alpha value is -0.800. The van der Waals surface area contributed by atoms with Gasteiger partial charge in [0.2, 0.25) is 0 Å². The van der Waals surface area contributed by atoms with Gasteiger partial charge < -0.3 is 4.42 Å². The van der Waals surface area contributed by atoms with Gasteiger partial charge in [0, 0.05) is 12.5 Å². The SMILES string of the molecule is CC(Cc1ccco1)NOC1CCCC1. The molecule has 0 aromatic carbocycles. The molecule has 0 spiro atoms. The van der Waals surface area contributed by atoms with Gasteiger partial charge >= 0.3 is 0 Å². The molecule has 1 atom stereocenters. The second kappa shape index (κ2) is 5.33. The zero-order valence-electron chi connectivity index (χ0n) is 9.24. The lowest BCUT2D eigenvalue weighted by atomic mass is 10.2. The van der Waals surface area contributed by atoms with E-state index in [1.165, 1.54) is 25.7 Å². The fourth-order valence-electron chi connectivity index (χ4n) is 1.99. The normalized spacial score (nSPS) is 19.5. The van der Waals surface area contributed by atoms with Gasteiger partial charge in [-0.1, -0.05) is 12.8 Å². The second-order valence-corrected chi connectivity index (χ2v) is 4.33. The van der Waals surface area contributed by atoms with Crippen molar-refractivity contribution in [1.29, 1.82) is 0 Å². The van der Waals surface area contributed by atoms with E-state index in [1.807, 2.05) is 12.1 Å². The van der Waals surface area contributed by atoms with E-state index in [-0.39, 0.29) is 0 Å². The fraction of sp³-hybridized carbons (Fsp3) is 0.667. The average Bonchev–Trinajstić information content (AvgIpc) is 2.86. The van der Waals surface area contributed by atoms with Crippen LogP contribution in [0.25, 0.3) is 0 Å². The zero-order chi connectivity index (χ0) is 10.5. The molecule has 1 fully saturated rings. The molecule has 0 amide bonds. The van der Waals surface area contributed by atoms with Crippen molar-refractivity contribution < 1.29 is 9.25 Å². The number of hydrogen-bond donors (Lipinski definition) is 1. The van der Waals surface area contributed by atoms with Crippen LogP contribution in [0.4, 0.5) is 0 Å². The molecule has 0 aliphatic heterocycles. The number of hydroxylamine groups is 1. The highest BCUT2D eigenvalue weighted by molar-refractivity contribution is 4.99. The lowest BCUT2D eigenvalue weighted by Gasteiger charge is -2.16. The smallest absolute Gasteiger partial charge is 0.105 e. The highest BCUT2D eigenvalue weighted by Crippen LogP contribution is 2.20. The number of hydrogen-bond acceptors (Lipinski definition) is 3. The van der Waals surface area contributed by atoms with E-state index in [0.717, 1.165) is 12.2 Å². The van der Waals surface area contributed by atoms with Crippen molar-refractivity contribution >= 4 is 0 Å². The molecule has 1 aliphatic carbocycles. The summed E-state index contributed by atoms with van der Waals surface area (Å²) in [5.74, 6) is 1.00. The van der Waals surface area contributed by atoms with Crippen LogP contribution < -0.4 is 5.48 Å². The molecule has 15 heavy (non-hydrogen) atoms. The molecule has 2 rings (SSSR count). The highest BCUT2D eigenvalue weighted by atomic mass is 16.7. The minimum absolute atomic E-state index is 0.303. The molecule has 1 aromatic rings. The van der Waals surface area contributed by atoms with Gasteiger partial charge in [-0.2, -0.15) is 5.48 Å². The molecule has 1 N–H and O–H groups in total. The van der Waals surface area contributed by atoms with E-state index in [4.69, 9.17) is 9.25 Å². The van der Waals surface area contributed by atoms with Gasteiger partial charge in [0.05, 0.1) is 12.4 Å².